The van der Waals surface area contributed by atoms with Gasteiger partial charge in [0, 0.05) is 12.6 Å². The number of benzene rings is 1. The standard InChI is InChI=1S/C16H27NO3.C2H2O4/c1-3-5-9-17-10-11-18-12-13-20-16-8-6-7-15(14-16)19-4-2;3-1(4)2(5)6/h6-8,14,17H,3-5,9-13H2,1-2H3;(H,3,4)(H,5,6). The molecule has 8 nitrogen and oxygen atoms in total. The average Bonchev–Trinajstić information content (AvgIpc) is 2.61. The van der Waals surface area contributed by atoms with Gasteiger partial charge in [-0.15, -0.1) is 0 Å². The third-order valence-electron chi connectivity index (χ3n) is 2.93. The predicted octanol–water partition coefficient (Wildman–Crippen LogP) is 2.03. The van der Waals surface area contributed by atoms with Crippen LogP contribution in [0.25, 0.3) is 0 Å². The lowest BCUT2D eigenvalue weighted by Crippen LogP contribution is -2.21. The molecule has 0 fully saturated rings. The maximum Gasteiger partial charge on any atom is 0.414 e. The van der Waals surface area contributed by atoms with Crippen LogP contribution in [0.5, 0.6) is 11.5 Å². The van der Waals surface area contributed by atoms with E-state index in [0.717, 1.165) is 31.2 Å². The Balaban J connectivity index is 0.000000896. The summed E-state index contributed by atoms with van der Waals surface area (Å²) in [7, 11) is 0. The smallest absolute Gasteiger partial charge is 0.414 e. The molecule has 0 atom stereocenters. The van der Waals surface area contributed by atoms with Crippen LogP contribution in [0.4, 0.5) is 0 Å². The fourth-order valence-corrected chi connectivity index (χ4v) is 1.71. The Bertz CT molecular complexity index is 496. The van der Waals surface area contributed by atoms with Crippen molar-refractivity contribution in [2.24, 2.45) is 0 Å². The molecule has 0 aliphatic carbocycles. The Kier molecular flexibility index (Phi) is 14.7. The number of hydrogen-bond acceptors (Lipinski definition) is 6. The Hall–Kier alpha value is -2.32. The first kappa shape index (κ1) is 23.7. The van der Waals surface area contributed by atoms with E-state index >= 15 is 0 Å². The fraction of sp³-hybridized carbons (Fsp3) is 0.556. The highest BCUT2D eigenvalue weighted by molar-refractivity contribution is 6.27. The molecule has 0 aliphatic rings. The molecule has 0 radical (unpaired) electrons. The van der Waals surface area contributed by atoms with Crippen molar-refractivity contribution in [2.75, 3.05) is 39.5 Å². The van der Waals surface area contributed by atoms with Crippen molar-refractivity contribution in [2.45, 2.75) is 26.7 Å². The van der Waals surface area contributed by atoms with Gasteiger partial charge in [0.05, 0.1) is 19.8 Å². The number of carboxylic acid groups (broad SMARTS) is 2. The van der Waals surface area contributed by atoms with Crippen LogP contribution in [0.2, 0.25) is 0 Å². The van der Waals surface area contributed by atoms with Gasteiger partial charge >= 0.3 is 11.9 Å². The zero-order valence-corrected chi connectivity index (χ0v) is 15.4. The summed E-state index contributed by atoms with van der Waals surface area (Å²) < 4.78 is 16.5. The molecule has 0 unspecified atom stereocenters. The first-order valence-electron chi connectivity index (χ1n) is 8.61. The number of ether oxygens (including phenoxy) is 3. The first-order chi connectivity index (χ1) is 12.5. The molecule has 0 aliphatic heterocycles. The van der Waals surface area contributed by atoms with Gasteiger partial charge in [-0.1, -0.05) is 19.4 Å². The van der Waals surface area contributed by atoms with E-state index in [1.165, 1.54) is 12.8 Å². The lowest BCUT2D eigenvalue weighted by molar-refractivity contribution is -0.159. The van der Waals surface area contributed by atoms with Gasteiger partial charge in [-0.3, -0.25) is 0 Å². The van der Waals surface area contributed by atoms with Crippen LogP contribution in [-0.4, -0.2) is 61.7 Å². The van der Waals surface area contributed by atoms with Crippen molar-refractivity contribution < 1.29 is 34.0 Å². The van der Waals surface area contributed by atoms with Crippen LogP contribution in [0.15, 0.2) is 24.3 Å². The van der Waals surface area contributed by atoms with E-state index in [0.29, 0.717) is 19.8 Å². The van der Waals surface area contributed by atoms with Crippen LogP contribution in [0.1, 0.15) is 26.7 Å². The topological polar surface area (TPSA) is 114 Å². The highest BCUT2D eigenvalue weighted by atomic mass is 16.5. The van der Waals surface area contributed by atoms with Gasteiger partial charge in [0.15, 0.2) is 0 Å². The summed E-state index contributed by atoms with van der Waals surface area (Å²) in [4.78, 5) is 18.2. The van der Waals surface area contributed by atoms with Crippen LogP contribution in [-0.2, 0) is 14.3 Å². The third-order valence-corrected chi connectivity index (χ3v) is 2.93. The molecule has 3 N–H and O–H groups in total. The van der Waals surface area contributed by atoms with Gasteiger partial charge in [0.2, 0.25) is 0 Å². The summed E-state index contributed by atoms with van der Waals surface area (Å²) in [5.41, 5.74) is 0. The molecule has 26 heavy (non-hydrogen) atoms. The molecule has 0 heterocycles. The number of carboxylic acids is 2. The Morgan fingerprint density at radius 1 is 0.962 bits per heavy atom. The SMILES string of the molecule is CCCCNCCOCCOc1cccc(OCC)c1.O=C(O)C(=O)O. The van der Waals surface area contributed by atoms with E-state index in [1.54, 1.807) is 0 Å². The summed E-state index contributed by atoms with van der Waals surface area (Å²) in [5, 5.41) is 18.1. The quantitative estimate of drug-likeness (QED) is 0.378. The van der Waals surface area contributed by atoms with Crippen molar-refractivity contribution >= 4 is 11.9 Å². The molecule has 148 valence electrons. The second-order valence-corrected chi connectivity index (χ2v) is 5.08. The summed E-state index contributed by atoms with van der Waals surface area (Å²) in [6.45, 7) is 8.69. The number of rotatable bonds is 12. The van der Waals surface area contributed by atoms with Gasteiger partial charge < -0.3 is 29.7 Å². The normalized spacial score (nSPS) is 9.77. The number of nitrogens with one attached hydrogen (secondary N) is 1. The van der Waals surface area contributed by atoms with E-state index in [9.17, 15) is 0 Å². The van der Waals surface area contributed by atoms with Crippen LogP contribution in [0.3, 0.4) is 0 Å². The van der Waals surface area contributed by atoms with E-state index in [2.05, 4.69) is 12.2 Å². The van der Waals surface area contributed by atoms with Crippen LogP contribution >= 0.6 is 0 Å². The molecule has 0 saturated heterocycles. The van der Waals surface area contributed by atoms with Crippen molar-refractivity contribution in [3.05, 3.63) is 24.3 Å². The molecule has 1 aromatic carbocycles. The monoisotopic (exact) mass is 371 g/mol. The lowest BCUT2D eigenvalue weighted by Gasteiger charge is -2.09. The van der Waals surface area contributed by atoms with Gasteiger partial charge in [0.25, 0.3) is 0 Å². The summed E-state index contributed by atoms with van der Waals surface area (Å²) >= 11 is 0. The molecule has 8 heteroatoms. The minimum atomic E-state index is -1.82. The molecular weight excluding hydrogens is 342 g/mol. The number of hydrogen-bond donors (Lipinski definition) is 3. The van der Waals surface area contributed by atoms with Gasteiger partial charge in [-0.25, -0.2) is 9.59 Å². The molecule has 1 rings (SSSR count). The number of aliphatic carboxylic acids is 2. The molecular formula is C18H29NO7. The molecule has 0 spiro atoms. The second-order valence-electron chi connectivity index (χ2n) is 5.08. The first-order valence-corrected chi connectivity index (χ1v) is 8.61. The highest BCUT2D eigenvalue weighted by Gasteiger charge is 2.04. The van der Waals surface area contributed by atoms with E-state index < -0.39 is 11.9 Å². The Morgan fingerprint density at radius 2 is 1.62 bits per heavy atom. The van der Waals surface area contributed by atoms with E-state index in [-0.39, 0.29) is 0 Å². The van der Waals surface area contributed by atoms with Crippen LogP contribution < -0.4 is 14.8 Å². The fourth-order valence-electron chi connectivity index (χ4n) is 1.71. The maximum atomic E-state index is 9.10. The minimum absolute atomic E-state index is 0.560. The van der Waals surface area contributed by atoms with Crippen molar-refractivity contribution in [1.29, 1.82) is 0 Å². The van der Waals surface area contributed by atoms with Gasteiger partial charge in [0.1, 0.15) is 18.1 Å². The summed E-state index contributed by atoms with van der Waals surface area (Å²) in [5.74, 6) is -1.99. The van der Waals surface area contributed by atoms with Gasteiger partial charge in [-0.05, 0) is 32.0 Å². The molecule has 0 amide bonds. The second kappa shape index (κ2) is 16.2. The largest absolute Gasteiger partial charge is 0.494 e. The predicted molar refractivity (Wildman–Crippen MR) is 97.0 cm³/mol. The third kappa shape index (κ3) is 14.1. The zero-order valence-electron chi connectivity index (χ0n) is 15.4. The van der Waals surface area contributed by atoms with Crippen molar-refractivity contribution in [3.63, 3.8) is 0 Å². The van der Waals surface area contributed by atoms with E-state index in [1.807, 2.05) is 31.2 Å². The van der Waals surface area contributed by atoms with E-state index in [4.69, 9.17) is 34.0 Å². The number of unbranched alkanes of at least 4 members (excludes halogenated alkanes) is 1. The van der Waals surface area contributed by atoms with Crippen molar-refractivity contribution in [3.8, 4) is 11.5 Å². The maximum absolute atomic E-state index is 9.10. The van der Waals surface area contributed by atoms with Crippen LogP contribution in [0, 0.1) is 0 Å². The minimum Gasteiger partial charge on any atom is -0.494 e. The van der Waals surface area contributed by atoms with Gasteiger partial charge in [-0.2, -0.15) is 0 Å². The lowest BCUT2D eigenvalue weighted by atomic mass is 10.3. The molecule has 0 bridgehead atoms. The summed E-state index contributed by atoms with van der Waals surface area (Å²) in [6, 6.07) is 7.68. The molecule has 1 aromatic rings. The Labute approximate surface area is 154 Å². The summed E-state index contributed by atoms with van der Waals surface area (Å²) in [6.07, 6.45) is 2.45. The zero-order chi connectivity index (χ0) is 19.6. The molecule has 0 aromatic heterocycles. The Morgan fingerprint density at radius 3 is 2.19 bits per heavy atom. The van der Waals surface area contributed by atoms with Crippen molar-refractivity contribution in [1.82, 2.24) is 5.32 Å². The average molecular weight is 371 g/mol. The number of carbonyl (C=O) groups is 2. The highest BCUT2D eigenvalue weighted by Crippen LogP contribution is 2.19. The molecule has 0 saturated carbocycles.